The normalized spacial score (nSPS) is 14.1. The molecule has 2 atom stereocenters. The number of unbranched alkanes of at least 4 members (excludes halogenated alkanes) is 15. The van der Waals surface area contributed by atoms with Crippen molar-refractivity contribution in [2.45, 2.75) is 193 Å². The molecular weight excluding hydrogens is 663 g/mol. The first-order valence-corrected chi connectivity index (χ1v) is 22.1. The fourth-order valence-corrected chi connectivity index (χ4v) is 5.86. The predicted molar refractivity (Wildman–Crippen MR) is 239 cm³/mol. The summed E-state index contributed by atoms with van der Waals surface area (Å²) in [4.78, 5) is 12.4. The Bertz CT molecular complexity index is 1070. The van der Waals surface area contributed by atoms with Crippen molar-refractivity contribution in [1.82, 2.24) is 5.32 Å². The van der Waals surface area contributed by atoms with Crippen molar-refractivity contribution in [2.24, 2.45) is 0 Å². The summed E-state index contributed by atoms with van der Waals surface area (Å²) in [5.74, 6) is -0.108. The minimum atomic E-state index is -0.889. The van der Waals surface area contributed by atoms with Gasteiger partial charge in [-0.25, -0.2) is 0 Å². The maximum atomic E-state index is 12.4. The quantitative estimate of drug-likeness (QED) is 0.0435. The summed E-state index contributed by atoms with van der Waals surface area (Å²) in [5, 5.41) is 23.0. The fourth-order valence-electron chi connectivity index (χ4n) is 5.86. The zero-order chi connectivity index (χ0) is 39.3. The maximum absolute atomic E-state index is 12.4. The molecule has 0 saturated carbocycles. The number of nitrogens with one attached hydrogen (secondary N) is 1. The Kier molecular flexibility index (Phi) is 42.0. The third kappa shape index (κ3) is 40.2. The van der Waals surface area contributed by atoms with Gasteiger partial charge in [0.25, 0.3) is 0 Å². The van der Waals surface area contributed by atoms with Crippen molar-refractivity contribution in [1.29, 1.82) is 0 Å². The Labute approximate surface area is 334 Å². The summed E-state index contributed by atoms with van der Waals surface area (Å²) < 4.78 is 0. The van der Waals surface area contributed by atoms with E-state index >= 15 is 0 Å². The summed E-state index contributed by atoms with van der Waals surface area (Å²) >= 11 is 0. The van der Waals surface area contributed by atoms with Gasteiger partial charge in [-0.1, -0.05) is 187 Å². The number of amides is 1. The molecule has 306 valence electrons. The molecule has 2 unspecified atom stereocenters. The van der Waals surface area contributed by atoms with Gasteiger partial charge in [-0.15, -0.1) is 0 Å². The first-order valence-electron chi connectivity index (χ1n) is 22.1. The lowest BCUT2D eigenvalue weighted by Gasteiger charge is -2.19. The lowest BCUT2D eigenvalue weighted by atomic mass is 10.1. The molecule has 0 bridgehead atoms. The van der Waals surface area contributed by atoms with Crippen LogP contribution in [0.4, 0.5) is 0 Å². The molecule has 0 rings (SSSR count). The van der Waals surface area contributed by atoms with E-state index in [1.807, 2.05) is 6.08 Å². The summed E-state index contributed by atoms with van der Waals surface area (Å²) in [5.41, 5.74) is 0. The van der Waals surface area contributed by atoms with Gasteiger partial charge in [0.2, 0.25) is 5.91 Å². The van der Waals surface area contributed by atoms with Gasteiger partial charge >= 0.3 is 0 Å². The van der Waals surface area contributed by atoms with Gasteiger partial charge in [-0.2, -0.15) is 0 Å². The van der Waals surface area contributed by atoms with Crippen LogP contribution in [-0.4, -0.2) is 34.9 Å². The number of hydrogen-bond donors (Lipinski definition) is 3. The van der Waals surface area contributed by atoms with E-state index in [0.29, 0.717) is 6.42 Å². The lowest BCUT2D eigenvalue weighted by molar-refractivity contribution is -0.123. The Morgan fingerprint density at radius 1 is 0.463 bits per heavy atom. The van der Waals surface area contributed by atoms with Crippen molar-refractivity contribution in [3.05, 3.63) is 109 Å². The largest absolute Gasteiger partial charge is 0.394 e. The van der Waals surface area contributed by atoms with Gasteiger partial charge in [0.05, 0.1) is 18.8 Å². The molecular formula is C50H83NO3. The Morgan fingerprint density at radius 2 is 0.833 bits per heavy atom. The van der Waals surface area contributed by atoms with E-state index in [1.165, 1.54) is 64.2 Å². The lowest BCUT2D eigenvalue weighted by Crippen LogP contribution is -2.45. The monoisotopic (exact) mass is 746 g/mol. The van der Waals surface area contributed by atoms with E-state index in [1.54, 1.807) is 6.08 Å². The molecule has 4 heteroatoms. The Hall–Kier alpha value is -2.95. The van der Waals surface area contributed by atoms with Crippen LogP contribution in [-0.2, 0) is 4.79 Å². The van der Waals surface area contributed by atoms with E-state index in [-0.39, 0.29) is 12.5 Å². The fraction of sp³-hybridized carbons (Fsp3) is 0.620. The molecule has 0 aromatic rings. The standard InChI is InChI=1S/C50H83NO3/c1-3-5-7-9-11-13-15-17-19-21-23-24-25-26-28-30-32-34-36-38-40-42-44-46-50(54)51-48(47-52)49(53)45-43-41-39-37-35-33-31-29-27-22-20-18-16-14-12-10-8-6-4-2/h5,7,11,13,17,19,23-24,26-29,32,34-35,37,43,45,48-49,52-53H,3-4,6,8-10,12,14-16,18,20-22,25,30-31,33,36,38-42,44,46-47H2,1-2H3,(H,51,54)/b7-5-,13-11-,19-17-,24-23-,28-26-,29-27+,34-32-,37-35+,45-43+. The third-order valence-corrected chi connectivity index (χ3v) is 9.22. The van der Waals surface area contributed by atoms with Crippen molar-refractivity contribution in [3.63, 3.8) is 0 Å². The molecule has 0 spiro atoms. The molecule has 0 radical (unpaired) electrons. The van der Waals surface area contributed by atoms with Crippen molar-refractivity contribution in [3.8, 4) is 0 Å². The summed E-state index contributed by atoms with van der Waals surface area (Å²) in [6, 6.07) is -0.667. The smallest absolute Gasteiger partial charge is 0.220 e. The van der Waals surface area contributed by atoms with E-state index in [0.717, 1.165) is 96.3 Å². The van der Waals surface area contributed by atoms with Gasteiger partial charge in [-0.05, 0) is 96.3 Å². The van der Waals surface area contributed by atoms with Gasteiger partial charge in [0.1, 0.15) is 0 Å². The van der Waals surface area contributed by atoms with Gasteiger partial charge < -0.3 is 15.5 Å². The van der Waals surface area contributed by atoms with Crippen LogP contribution in [0.1, 0.15) is 181 Å². The molecule has 0 aromatic heterocycles. The number of carbonyl (C=O) groups is 1. The summed E-state index contributed by atoms with van der Waals surface area (Å²) in [6.07, 6.45) is 67.6. The molecule has 1 amide bonds. The van der Waals surface area contributed by atoms with Gasteiger partial charge in [0.15, 0.2) is 0 Å². The second kappa shape index (κ2) is 44.4. The number of rotatable bonds is 38. The van der Waals surface area contributed by atoms with Crippen LogP contribution in [0.2, 0.25) is 0 Å². The van der Waals surface area contributed by atoms with Crippen molar-refractivity contribution >= 4 is 5.91 Å². The van der Waals surface area contributed by atoms with Gasteiger partial charge in [0, 0.05) is 6.42 Å². The highest BCUT2D eigenvalue weighted by Crippen LogP contribution is 2.11. The first-order chi connectivity index (χ1) is 26.7. The zero-order valence-corrected chi connectivity index (χ0v) is 34.9. The number of aliphatic hydroxyl groups excluding tert-OH is 2. The van der Waals surface area contributed by atoms with E-state index < -0.39 is 12.1 Å². The van der Waals surface area contributed by atoms with Crippen molar-refractivity contribution < 1.29 is 15.0 Å². The van der Waals surface area contributed by atoms with Gasteiger partial charge in [-0.3, -0.25) is 4.79 Å². The average molecular weight is 746 g/mol. The van der Waals surface area contributed by atoms with Crippen molar-refractivity contribution in [2.75, 3.05) is 6.61 Å². The molecule has 0 saturated heterocycles. The van der Waals surface area contributed by atoms with E-state index in [9.17, 15) is 15.0 Å². The number of carbonyl (C=O) groups excluding carboxylic acids is 1. The second-order valence-corrected chi connectivity index (χ2v) is 14.4. The topological polar surface area (TPSA) is 69.6 Å². The molecule has 3 N–H and O–H groups in total. The number of aliphatic hydroxyl groups is 2. The van der Waals surface area contributed by atoms with E-state index in [2.05, 4.69) is 116 Å². The summed E-state index contributed by atoms with van der Waals surface area (Å²) in [6.45, 7) is 4.15. The predicted octanol–water partition coefficient (Wildman–Crippen LogP) is 14.0. The molecule has 0 aliphatic rings. The molecule has 0 aromatic carbocycles. The molecule has 54 heavy (non-hydrogen) atoms. The highest BCUT2D eigenvalue weighted by molar-refractivity contribution is 5.76. The maximum Gasteiger partial charge on any atom is 0.220 e. The zero-order valence-electron chi connectivity index (χ0n) is 34.9. The number of hydrogen-bond acceptors (Lipinski definition) is 3. The minimum absolute atomic E-state index is 0.108. The van der Waals surface area contributed by atoms with Crippen LogP contribution < -0.4 is 5.32 Å². The first kappa shape index (κ1) is 51.0. The second-order valence-electron chi connectivity index (χ2n) is 14.4. The molecule has 0 aliphatic carbocycles. The average Bonchev–Trinajstić information content (AvgIpc) is 3.18. The SMILES string of the molecule is CC/C=C\C/C=C\C/C=C\C/C=C\C/C=C\C/C=C\CCCCCCC(=O)NC(CO)C(O)/C=C/CC/C=C/CC/C=C/CCCCCCCCCCC. The summed E-state index contributed by atoms with van der Waals surface area (Å²) in [7, 11) is 0. The molecule has 0 aliphatic heterocycles. The van der Waals surface area contributed by atoms with Crippen LogP contribution in [0, 0.1) is 0 Å². The van der Waals surface area contributed by atoms with Crippen LogP contribution in [0.25, 0.3) is 0 Å². The minimum Gasteiger partial charge on any atom is -0.394 e. The molecule has 0 fully saturated rings. The number of allylic oxidation sites excluding steroid dienone is 17. The van der Waals surface area contributed by atoms with Crippen LogP contribution in [0.15, 0.2) is 109 Å². The van der Waals surface area contributed by atoms with Crippen LogP contribution in [0.5, 0.6) is 0 Å². The Morgan fingerprint density at radius 3 is 1.30 bits per heavy atom. The Balaban J connectivity index is 3.77. The molecule has 0 heterocycles. The van der Waals surface area contributed by atoms with E-state index in [4.69, 9.17) is 0 Å². The highest BCUT2D eigenvalue weighted by Gasteiger charge is 2.17. The van der Waals surface area contributed by atoms with Crippen LogP contribution in [0.3, 0.4) is 0 Å². The highest BCUT2D eigenvalue weighted by atomic mass is 16.3. The molecule has 4 nitrogen and oxygen atoms in total. The van der Waals surface area contributed by atoms with Crippen LogP contribution >= 0.6 is 0 Å². The third-order valence-electron chi connectivity index (χ3n) is 9.22.